The highest BCUT2D eigenvalue weighted by Gasteiger charge is 2.13. The van der Waals surface area contributed by atoms with Crippen LogP contribution in [0.1, 0.15) is 11.1 Å². The van der Waals surface area contributed by atoms with Crippen molar-refractivity contribution >= 4 is 71.6 Å². The number of aromatic nitrogens is 2. The predicted octanol–water partition coefficient (Wildman–Crippen LogP) is 5.29. The van der Waals surface area contributed by atoms with Crippen molar-refractivity contribution in [2.75, 3.05) is 7.11 Å². The first-order valence-corrected chi connectivity index (χ1v) is 12.3. The Labute approximate surface area is 218 Å². The summed E-state index contributed by atoms with van der Waals surface area (Å²) in [6.07, 6.45) is 1.44. The van der Waals surface area contributed by atoms with E-state index in [-0.39, 0.29) is 0 Å². The molecule has 0 unspecified atom stereocenters. The topological polar surface area (TPSA) is 85.7 Å². The van der Waals surface area contributed by atoms with E-state index in [4.69, 9.17) is 9.47 Å². The molecular formula is C23H16Br2IN3O4. The van der Waals surface area contributed by atoms with E-state index >= 15 is 0 Å². The Morgan fingerprint density at radius 2 is 1.91 bits per heavy atom. The Balaban J connectivity index is 1.63. The lowest BCUT2D eigenvalue weighted by atomic mass is 10.2. The van der Waals surface area contributed by atoms with Gasteiger partial charge in [-0.2, -0.15) is 5.10 Å². The molecule has 0 saturated heterocycles. The van der Waals surface area contributed by atoms with Gasteiger partial charge in [-0.25, -0.2) is 4.79 Å². The largest absolute Gasteiger partial charge is 0.493 e. The Hall–Kier alpha value is -2.44. The van der Waals surface area contributed by atoms with E-state index in [0.717, 1.165) is 22.8 Å². The van der Waals surface area contributed by atoms with Crippen LogP contribution in [0.25, 0.3) is 10.9 Å². The summed E-state index contributed by atoms with van der Waals surface area (Å²) < 4.78 is 15.0. The fourth-order valence-electron chi connectivity index (χ4n) is 3.13. The lowest BCUT2D eigenvalue weighted by Crippen LogP contribution is -2.32. The number of hydrogen-bond donors (Lipinski definition) is 1. The maximum Gasteiger partial charge on any atom is 0.349 e. The molecule has 0 aliphatic rings. The monoisotopic (exact) mass is 683 g/mol. The number of para-hydroxylation sites is 1. The van der Waals surface area contributed by atoms with E-state index in [0.29, 0.717) is 34.6 Å². The number of nitrogens with zero attached hydrogens (tertiary/aromatic N) is 2. The SMILES string of the molecule is COc1cc(C=Nn2c(=O)[nH]c3ccccc3c2=O)cc(I)c1OCc1ccc(Br)cc1Br. The Morgan fingerprint density at radius 1 is 1.12 bits per heavy atom. The van der Waals surface area contributed by atoms with Crippen LogP contribution >= 0.6 is 54.5 Å². The van der Waals surface area contributed by atoms with Crippen LogP contribution in [0.3, 0.4) is 0 Å². The molecule has 0 amide bonds. The number of ether oxygens (including phenoxy) is 2. The highest BCUT2D eigenvalue weighted by Crippen LogP contribution is 2.35. The number of benzene rings is 3. The van der Waals surface area contributed by atoms with Gasteiger partial charge in [0.05, 0.1) is 27.8 Å². The molecule has 10 heteroatoms. The third-order valence-corrected chi connectivity index (χ3v) is 6.78. The molecule has 0 fully saturated rings. The Morgan fingerprint density at radius 3 is 2.67 bits per heavy atom. The van der Waals surface area contributed by atoms with Crippen molar-refractivity contribution in [3.8, 4) is 11.5 Å². The second kappa shape index (κ2) is 10.2. The van der Waals surface area contributed by atoms with Gasteiger partial charge < -0.3 is 14.5 Å². The zero-order valence-electron chi connectivity index (χ0n) is 17.1. The van der Waals surface area contributed by atoms with Crippen molar-refractivity contribution in [2.45, 2.75) is 6.61 Å². The van der Waals surface area contributed by atoms with Crippen LogP contribution in [0.4, 0.5) is 0 Å². The molecule has 0 aliphatic heterocycles. The van der Waals surface area contributed by atoms with E-state index in [2.05, 4.69) is 64.5 Å². The first-order valence-electron chi connectivity index (χ1n) is 9.60. The number of hydrogen-bond acceptors (Lipinski definition) is 5. The molecule has 4 aromatic rings. The number of methoxy groups -OCH3 is 1. The molecule has 1 N–H and O–H groups in total. The highest BCUT2D eigenvalue weighted by molar-refractivity contribution is 14.1. The third kappa shape index (κ3) is 5.22. The summed E-state index contributed by atoms with van der Waals surface area (Å²) in [5, 5.41) is 4.49. The molecule has 3 aromatic carbocycles. The zero-order valence-corrected chi connectivity index (χ0v) is 22.5. The van der Waals surface area contributed by atoms with Gasteiger partial charge in [0, 0.05) is 14.5 Å². The molecule has 0 bridgehead atoms. The summed E-state index contributed by atoms with van der Waals surface area (Å²) in [6, 6.07) is 16.2. The number of nitrogens with one attached hydrogen (secondary N) is 1. The van der Waals surface area contributed by atoms with E-state index in [1.54, 1.807) is 37.4 Å². The van der Waals surface area contributed by atoms with Crippen molar-refractivity contribution in [1.29, 1.82) is 0 Å². The molecule has 7 nitrogen and oxygen atoms in total. The van der Waals surface area contributed by atoms with Crippen LogP contribution in [0, 0.1) is 3.57 Å². The van der Waals surface area contributed by atoms with Gasteiger partial charge in [0.2, 0.25) is 0 Å². The molecule has 0 aliphatic carbocycles. The summed E-state index contributed by atoms with van der Waals surface area (Å²) in [4.78, 5) is 27.6. The third-order valence-electron chi connectivity index (χ3n) is 4.74. The van der Waals surface area contributed by atoms with Gasteiger partial charge in [-0.05, 0) is 64.6 Å². The molecular weight excluding hydrogens is 669 g/mol. The molecule has 1 heterocycles. The van der Waals surface area contributed by atoms with Crippen LogP contribution in [-0.4, -0.2) is 23.0 Å². The predicted molar refractivity (Wildman–Crippen MR) is 144 cm³/mol. The lowest BCUT2D eigenvalue weighted by molar-refractivity contribution is 0.281. The molecule has 168 valence electrons. The lowest BCUT2D eigenvalue weighted by Gasteiger charge is -2.14. The van der Waals surface area contributed by atoms with Crippen molar-refractivity contribution < 1.29 is 9.47 Å². The van der Waals surface area contributed by atoms with Gasteiger partial charge in [-0.3, -0.25) is 4.79 Å². The standard InChI is InChI=1S/C23H16Br2IN3O4/c1-32-20-9-13(8-18(26)21(20)33-12-14-6-7-15(24)10-17(14)25)11-27-29-22(30)16-4-2-3-5-19(16)28-23(29)31/h2-11H,12H2,1H3,(H,28,31). The van der Waals surface area contributed by atoms with E-state index in [1.165, 1.54) is 6.21 Å². The Bertz CT molecular complexity index is 1500. The highest BCUT2D eigenvalue weighted by atomic mass is 127. The molecule has 1 aromatic heterocycles. The van der Waals surface area contributed by atoms with Crippen molar-refractivity contribution in [3.63, 3.8) is 0 Å². The molecule has 0 radical (unpaired) electrons. The van der Waals surface area contributed by atoms with Gasteiger partial charge >= 0.3 is 5.69 Å². The Kier molecular flexibility index (Phi) is 7.35. The summed E-state index contributed by atoms with van der Waals surface area (Å²) in [5.41, 5.74) is 0.988. The minimum atomic E-state index is -0.614. The van der Waals surface area contributed by atoms with E-state index < -0.39 is 11.2 Å². The first-order chi connectivity index (χ1) is 15.9. The molecule has 4 rings (SSSR count). The molecule has 0 atom stereocenters. The van der Waals surface area contributed by atoms with Gasteiger partial charge in [0.25, 0.3) is 5.56 Å². The smallest absolute Gasteiger partial charge is 0.349 e. The number of fused-ring (bicyclic) bond motifs is 1. The molecule has 0 saturated carbocycles. The van der Waals surface area contributed by atoms with E-state index in [9.17, 15) is 9.59 Å². The van der Waals surface area contributed by atoms with Crippen LogP contribution in [0.2, 0.25) is 0 Å². The molecule has 33 heavy (non-hydrogen) atoms. The van der Waals surface area contributed by atoms with Gasteiger partial charge in [-0.1, -0.05) is 50.1 Å². The zero-order chi connectivity index (χ0) is 23.5. The summed E-state index contributed by atoms with van der Waals surface area (Å²) in [7, 11) is 1.55. The number of rotatable bonds is 6. The van der Waals surface area contributed by atoms with Gasteiger partial charge in [0.1, 0.15) is 6.61 Å². The minimum Gasteiger partial charge on any atom is -0.493 e. The van der Waals surface area contributed by atoms with Gasteiger partial charge in [0.15, 0.2) is 11.5 Å². The number of halogens is 3. The quantitative estimate of drug-likeness (QED) is 0.221. The second-order valence-corrected chi connectivity index (χ2v) is 9.83. The van der Waals surface area contributed by atoms with E-state index in [1.807, 2.05) is 24.3 Å². The average Bonchev–Trinajstić information content (AvgIpc) is 2.79. The maximum atomic E-state index is 12.7. The first kappa shape index (κ1) is 23.7. The minimum absolute atomic E-state index is 0.343. The van der Waals surface area contributed by atoms with Gasteiger partial charge in [-0.15, -0.1) is 4.68 Å². The van der Waals surface area contributed by atoms with Crippen LogP contribution in [-0.2, 0) is 6.61 Å². The summed E-state index contributed by atoms with van der Waals surface area (Å²) in [6.45, 7) is 0.343. The fourth-order valence-corrected chi connectivity index (χ4v) is 5.07. The van der Waals surface area contributed by atoms with Crippen molar-refractivity contribution in [2.24, 2.45) is 5.10 Å². The van der Waals surface area contributed by atoms with Crippen molar-refractivity contribution in [3.05, 3.63) is 99.1 Å². The fraction of sp³-hybridized carbons (Fsp3) is 0.0870. The average molecular weight is 685 g/mol. The van der Waals surface area contributed by atoms with Crippen LogP contribution in [0.5, 0.6) is 11.5 Å². The normalized spacial score (nSPS) is 11.3. The van der Waals surface area contributed by atoms with Crippen molar-refractivity contribution in [1.82, 2.24) is 9.66 Å². The number of aromatic amines is 1. The summed E-state index contributed by atoms with van der Waals surface area (Å²) >= 11 is 9.13. The molecule has 0 spiro atoms. The van der Waals surface area contributed by atoms with Crippen LogP contribution < -0.4 is 20.7 Å². The second-order valence-electron chi connectivity index (χ2n) is 6.90. The van der Waals surface area contributed by atoms with Crippen LogP contribution in [0.15, 0.2) is 78.2 Å². The number of H-pyrrole nitrogens is 1. The maximum absolute atomic E-state index is 12.7. The summed E-state index contributed by atoms with van der Waals surface area (Å²) in [5.74, 6) is 1.10.